The summed E-state index contributed by atoms with van der Waals surface area (Å²) in [7, 11) is 0. The summed E-state index contributed by atoms with van der Waals surface area (Å²) in [6.07, 6.45) is 1.58. The van der Waals surface area contributed by atoms with Crippen LogP contribution in [0.4, 0.5) is 5.69 Å². The molecule has 1 aliphatic rings. The number of nitrogens with zero attached hydrogens (tertiary/aromatic N) is 1. The van der Waals surface area contributed by atoms with Gasteiger partial charge in [0.25, 0.3) is 11.8 Å². The zero-order chi connectivity index (χ0) is 23.4. The monoisotopic (exact) mass is 442 g/mol. The van der Waals surface area contributed by atoms with Crippen LogP contribution in [-0.2, 0) is 9.59 Å². The van der Waals surface area contributed by atoms with E-state index in [1.165, 1.54) is 5.01 Å². The number of hydrogen-bond donors (Lipinski definition) is 1. The van der Waals surface area contributed by atoms with Crippen LogP contribution in [0.2, 0.25) is 0 Å². The fourth-order valence-corrected chi connectivity index (χ4v) is 3.71. The van der Waals surface area contributed by atoms with E-state index in [0.29, 0.717) is 30.2 Å². The number of hydrazine groups is 1. The van der Waals surface area contributed by atoms with Gasteiger partial charge in [0.05, 0.1) is 5.69 Å². The number of ether oxygens (including phenoxy) is 2. The summed E-state index contributed by atoms with van der Waals surface area (Å²) in [6, 6.07) is 20.7. The normalized spacial score (nSPS) is 14.5. The Balaban J connectivity index is 1.48. The molecule has 3 aromatic carbocycles. The van der Waals surface area contributed by atoms with Crippen LogP contribution in [0.25, 0.3) is 6.08 Å². The van der Waals surface area contributed by atoms with E-state index in [-0.39, 0.29) is 5.57 Å². The largest absolute Gasteiger partial charge is 0.490 e. The van der Waals surface area contributed by atoms with Gasteiger partial charge >= 0.3 is 0 Å². The van der Waals surface area contributed by atoms with Crippen molar-refractivity contribution in [3.05, 3.63) is 94.6 Å². The van der Waals surface area contributed by atoms with Gasteiger partial charge in [-0.2, -0.15) is 0 Å². The first-order valence-electron chi connectivity index (χ1n) is 10.8. The third-order valence-electron chi connectivity index (χ3n) is 5.18. The molecule has 1 N–H and O–H groups in total. The van der Waals surface area contributed by atoms with Crippen LogP contribution >= 0.6 is 0 Å². The van der Waals surface area contributed by atoms with E-state index in [0.717, 1.165) is 22.4 Å². The summed E-state index contributed by atoms with van der Waals surface area (Å²) >= 11 is 0. The number of hydrogen-bond acceptors (Lipinski definition) is 4. The molecule has 6 nitrogen and oxygen atoms in total. The second-order valence-electron chi connectivity index (χ2n) is 8.04. The lowest BCUT2D eigenvalue weighted by Crippen LogP contribution is -2.35. The number of nitrogens with one attached hydrogen (secondary N) is 1. The molecule has 1 saturated heterocycles. The Hall–Kier alpha value is -4.06. The summed E-state index contributed by atoms with van der Waals surface area (Å²) in [6.45, 7) is 6.70. The zero-order valence-corrected chi connectivity index (χ0v) is 18.9. The number of carbonyl (C=O) groups is 2. The Labute approximate surface area is 193 Å². The molecule has 1 aliphatic heterocycles. The highest BCUT2D eigenvalue weighted by atomic mass is 16.5. The number of para-hydroxylation sites is 1. The second kappa shape index (κ2) is 9.61. The average Bonchev–Trinajstić information content (AvgIpc) is 3.06. The van der Waals surface area contributed by atoms with Crippen molar-refractivity contribution in [2.75, 3.05) is 18.2 Å². The number of anilines is 1. The number of aryl methyl sites for hydroxylation is 3. The summed E-state index contributed by atoms with van der Waals surface area (Å²) in [5, 5.41) is 1.25. The summed E-state index contributed by atoms with van der Waals surface area (Å²) in [4.78, 5) is 25.4. The minimum absolute atomic E-state index is 0.0563. The maximum absolute atomic E-state index is 12.9. The molecule has 0 bridgehead atoms. The first-order valence-corrected chi connectivity index (χ1v) is 10.8. The van der Waals surface area contributed by atoms with E-state index < -0.39 is 11.8 Å². The highest BCUT2D eigenvalue weighted by Crippen LogP contribution is 2.26. The van der Waals surface area contributed by atoms with Gasteiger partial charge in [0, 0.05) is 5.56 Å². The quantitative estimate of drug-likeness (QED) is 0.332. The van der Waals surface area contributed by atoms with Crippen molar-refractivity contribution in [3.8, 4) is 11.5 Å². The molecule has 0 unspecified atom stereocenters. The molecule has 0 aromatic heterocycles. The molecule has 0 aliphatic carbocycles. The first-order chi connectivity index (χ1) is 15.9. The summed E-state index contributed by atoms with van der Waals surface area (Å²) in [5.41, 5.74) is 7.21. The Morgan fingerprint density at radius 1 is 0.818 bits per heavy atom. The van der Waals surface area contributed by atoms with E-state index in [9.17, 15) is 9.59 Å². The van der Waals surface area contributed by atoms with Gasteiger partial charge in [-0.3, -0.25) is 15.0 Å². The maximum atomic E-state index is 12.9. The van der Waals surface area contributed by atoms with Crippen LogP contribution < -0.4 is 19.9 Å². The fraction of sp³-hybridized carbons (Fsp3) is 0.185. The minimum Gasteiger partial charge on any atom is -0.490 e. The van der Waals surface area contributed by atoms with Crippen molar-refractivity contribution in [2.45, 2.75) is 20.8 Å². The molecule has 0 atom stereocenters. The molecule has 1 heterocycles. The molecule has 0 spiro atoms. The van der Waals surface area contributed by atoms with Crippen molar-refractivity contribution in [3.63, 3.8) is 0 Å². The molecule has 33 heavy (non-hydrogen) atoms. The highest BCUT2D eigenvalue weighted by molar-refractivity contribution is 6.31. The third-order valence-corrected chi connectivity index (χ3v) is 5.18. The standard InChI is InChI=1S/C27H26N2O4/c1-18-9-10-25(33-12-11-32-23-15-19(2)13-20(3)16-23)21(14-18)17-24-26(30)28-29(27(24)31)22-7-5-4-6-8-22/h4-10,13-17H,11-12H2,1-3H3,(H,28,30)/b24-17+. The maximum Gasteiger partial charge on any atom is 0.282 e. The highest BCUT2D eigenvalue weighted by Gasteiger charge is 2.34. The second-order valence-corrected chi connectivity index (χ2v) is 8.04. The Morgan fingerprint density at radius 2 is 1.52 bits per heavy atom. The van der Waals surface area contributed by atoms with Crippen molar-refractivity contribution < 1.29 is 19.1 Å². The third kappa shape index (κ3) is 5.23. The lowest BCUT2D eigenvalue weighted by molar-refractivity contribution is -0.117. The van der Waals surface area contributed by atoms with Crippen LogP contribution in [-0.4, -0.2) is 25.0 Å². The molecule has 1 fully saturated rings. The lowest BCUT2D eigenvalue weighted by Gasteiger charge is -2.14. The van der Waals surface area contributed by atoms with Crippen molar-refractivity contribution in [2.24, 2.45) is 0 Å². The number of rotatable bonds is 7. The number of benzene rings is 3. The van der Waals surface area contributed by atoms with E-state index in [1.807, 2.05) is 69.3 Å². The van der Waals surface area contributed by atoms with Crippen molar-refractivity contribution in [1.29, 1.82) is 0 Å². The van der Waals surface area contributed by atoms with Crippen LogP contribution in [0.1, 0.15) is 22.3 Å². The number of carbonyl (C=O) groups excluding carboxylic acids is 2. The van der Waals surface area contributed by atoms with Gasteiger partial charge in [-0.15, -0.1) is 0 Å². The van der Waals surface area contributed by atoms with Crippen LogP contribution in [0.15, 0.2) is 72.3 Å². The van der Waals surface area contributed by atoms with E-state index >= 15 is 0 Å². The van der Waals surface area contributed by atoms with Gasteiger partial charge in [0.2, 0.25) is 0 Å². The minimum atomic E-state index is -0.450. The molecule has 0 radical (unpaired) electrons. The van der Waals surface area contributed by atoms with Crippen LogP contribution in [0.3, 0.4) is 0 Å². The summed E-state index contributed by atoms with van der Waals surface area (Å²) < 4.78 is 11.8. The average molecular weight is 443 g/mol. The first kappa shape index (κ1) is 22.1. The predicted molar refractivity (Wildman–Crippen MR) is 128 cm³/mol. The summed E-state index contributed by atoms with van der Waals surface area (Å²) in [5.74, 6) is 0.527. The topological polar surface area (TPSA) is 67.9 Å². The van der Waals surface area contributed by atoms with Gasteiger partial charge in [0.15, 0.2) is 0 Å². The van der Waals surface area contributed by atoms with Crippen molar-refractivity contribution in [1.82, 2.24) is 5.43 Å². The predicted octanol–water partition coefficient (Wildman–Crippen LogP) is 4.53. The molecule has 0 saturated carbocycles. The van der Waals surface area contributed by atoms with Crippen molar-refractivity contribution >= 4 is 23.6 Å². The molecule has 6 heteroatoms. The molecule has 3 aromatic rings. The number of amides is 2. The van der Waals surface area contributed by atoms with E-state index in [2.05, 4.69) is 11.5 Å². The SMILES string of the molecule is Cc1cc(C)cc(OCCOc2ccc(C)cc2/C=C2\C(=O)NN(c3ccccc3)C2=O)c1. The van der Waals surface area contributed by atoms with Gasteiger partial charge in [-0.1, -0.05) is 35.9 Å². The zero-order valence-electron chi connectivity index (χ0n) is 18.9. The molecule has 4 rings (SSSR count). The Bertz CT molecular complexity index is 1200. The van der Waals surface area contributed by atoms with Gasteiger partial charge in [-0.05, 0) is 74.4 Å². The Kier molecular flexibility index (Phi) is 6.45. The van der Waals surface area contributed by atoms with Crippen LogP contribution in [0, 0.1) is 20.8 Å². The lowest BCUT2D eigenvalue weighted by atomic mass is 10.1. The molecular weight excluding hydrogens is 416 g/mol. The van der Waals surface area contributed by atoms with Gasteiger partial charge < -0.3 is 9.47 Å². The van der Waals surface area contributed by atoms with Crippen LogP contribution in [0.5, 0.6) is 11.5 Å². The smallest absolute Gasteiger partial charge is 0.282 e. The van der Waals surface area contributed by atoms with E-state index in [1.54, 1.807) is 18.2 Å². The van der Waals surface area contributed by atoms with E-state index in [4.69, 9.17) is 9.47 Å². The Morgan fingerprint density at radius 3 is 2.24 bits per heavy atom. The molecule has 2 amide bonds. The fourth-order valence-electron chi connectivity index (χ4n) is 3.71. The molecular formula is C27H26N2O4. The van der Waals surface area contributed by atoms with Gasteiger partial charge in [0.1, 0.15) is 30.3 Å². The van der Waals surface area contributed by atoms with Gasteiger partial charge in [-0.25, -0.2) is 5.01 Å². The molecule has 168 valence electrons.